The summed E-state index contributed by atoms with van der Waals surface area (Å²) in [5, 5.41) is 1.86. The van der Waals surface area contributed by atoms with Crippen LogP contribution in [0.4, 0.5) is 32.0 Å². The average molecular weight is 441 g/mol. The van der Waals surface area contributed by atoms with E-state index in [0.717, 1.165) is 13.2 Å². The number of benzene rings is 1. The van der Waals surface area contributed by atoms with Gasteiger partial charge in [-0.3, -0.25) is 9.78 Å². The number of likely N-dealkylation sites (N-methyl/N-ethyl adjacent to an activating group) is 1. The molecule has 0 fully saturated rings. The van der Waals surface area contributed by atoms with Crippen LogP contribution in [-0.2, 0) is 27.2 Å². The molecule has 0 atom stereocenters. The summed E-state index contributed by atoms with van der Waals surface area (Å²) in [6, 6.07) is 3.10. The van der Waals surface area contributed by atoms with Gasteiger partial charge in [-0.05, 0) is 30.3 Å². The molecule has 1 aromatic heterocycles. The number of nitrogens with one attached hydrogen (secondary N) is 1. The largest absolute Gasteiger partial charge is 0.416 e. The highest BCUT2D eigenvalue weighted by molar-refractivity contribution is 7.89. The van der Waals surface area contributed by atoms with Crippen molar-refractivity contribution in [1.29, 1.82) is 0 Å². The third-order valence-corrected chi connectivity index (χ3v) is 5.37. The summed E-state index contributed by atoms with van der Waals surface area (Å²) in [5.74, 6) is -1.13. The number of sulfonamides is 1. The summed E-state index contributed by atoms with van der Waals surface area (Å²) < 4.78 is 102. The highest BCUT2D eigenvalue weighted by atomic mass is 32.2. The van der Waals surface area contributed by atoms with Crippen LogP contribution in [0.15, 0.2) is 47.6 Å². The topological polar surface area (TPSA) is 79.4 Å². The van der Waals surface area contributed by atoms with Crippen LogP contribution < -0.4 is 5.32 Å². The second kappa shape index (κ2) is 7.99. The number of aromatic nitrogens is 1. The van der Waals surface area contributed by atoms with E-state index in [-0.39, 0.29) is 11.0 Å². The van der Waals surface area contributed by atoms with E-state index < -0.39 is 51.6 Å². The molecule has 13 heteroatoms. The molecule has 0 saturated heterocycles. The highest BCUT2D eigenvalue weighted by Gasteiger charge is 2.37. The van der Waals surface area contributed by atoms with Gasteiger partial charge in [0.15, 0.2) is 0 Å². The van der Waals surface area contributed by atoms with Crippen LogP contribution in [0.1, 0.15) is 11.1 Å². The molecule has 0 bridgehead atoms. The van der Waals surface area contributed by atoms with Crippen LogP contribution in [0.25, 0.3) is 0 Å². The molecule has 6 nitrogen and oxygen atoms in total. The number of alkyl halides is 6. The second-order valence-corrected chi connectivity index (χ2v) is 7.84. The Bertz CT molecular complexity index is 959. The van der Waals surface area contributed by atoms with Gasteiger partial charge < -0.3 is 5.32 Å². The summed E-state index contributed by atoms with van der Waals surface area (Å²) in [6.45, 7) is -0.852. The van der Waals surface area contributed by atoms with E-state index in [9.17, 15) is 39.6 Å². The zero-order chi connectivity index (χ0) is 22.0. The van der Waals surface area contributed by atoms with Gasteiger partial charge in [0, 0.05) is 25.1 Å². The molecule has 0 unspecified atom stereocenters. The molecular formula is C16H13F6N3O3S. The SMILES string of the molecule is CN(CC(=O)Nc1cc(C(F)(F)F)cc(C(F)(F)F)c1)S(=O)(=O)c1cccnc1. The first-order chi connectivity index (χ1) is 13.2. The number of carbonyl (C=O) groups is 1. The lowest BCUT2D eigenvalue weighted by Crippen LogP contribution is -2.35. The number of halogens is 6. The zero-order valence-corrected chi connectivity index (χ0v) is 15.4. The normalized spacial score (nSPS) is 12.8. The average Bonchev–Trinajstić information content (AvgIpc) is 2.60. The van der Waals surface area contributed by atoms with E-state index in [1.807, 2.05) is 5.32 Å². The van der Waals surface area contributed by atoms with Gasteiger partial charge in [0.25, 0.3) is 0 Å². The number of hydrogen-bond acceptors (Lipinski definition) is 4. The standard InChI is InChI=1S/C16H13F6N3O3S/c1-25(29(27,28)13-3-2-4-23-8-13)9-14(26)24-12-6-10(15(17,18)19)5-11(7-12)16(20,21)22/h2-8H,9H2,1H3,(H,24,26). The van der Waals surface area contributed by atoms with Crippen molar-refractivity contribution >= 4 is 21.6 Å². The highest BCUT2D eigenvalue weighted by Crippen LogP contribution is 2.37. The molecule has 0 saturated carbocycles. The predicted molar refractivity (Wildman–Crippen MR) is 89.1 cm³/mol. The minimum Gasteiger partial charge on any atom is -0.325 e. The number of pyridine rings is 1. The summed E-state index contributed by atoms with van der Waals surface area (Å²) in [5.41, 5.74) is -4.00. The number of hydrogen-bond donors (Lipinski definition) is 1. The van der Waals surface area contributed by atoms with Crippen LogP contribution in [0.3, 0.4) is 0 Å². The Morgan fingerprint density at radius 2 is 1.62 bits per heavy atom. The van der Waals surface area contributed by atoms with Crippen LogP contribution in [-0.4, -0.2) is 37.2 Å². The van der Waals surface area contributed by atoms with Gasteiger partial charge in [-0.25, -0.2) is 8.42 Å². The van der Waals surface area contributed by atoms with Gasteiger partial charge in [0.05, 0.1) is 17.7 Å². The molecule has 1 N–H and O–H groups in total. The molecule has 29 heavy (non-hydrogen) atoms. The molecule has 0 spiro atoms. The van der Waals surface area contributed by atoms with Gasteiger partial charge in [-0.2, -0.15) is 30.6 Å². The number of anilines is 1. The molecule has 2 rings (SSSR count). The maximum atomic E-state index is 12.9. The van der Waals surface area contributed by atoms with Crippen molar-refractivity contribution in [2.45, 2.75) is 17.2 Å². The summed E-state index contributed by atoms with van der Waals surface area (Å²) >= 11 is 0. The summed E-state index contributed by atoms with van der Waals surface area (Å²) in [7, 11) is -3.12. The molecule has 1 amide bonds. The Hall–Kier alpha value is -2.67. The minimum absolute atomic E-state index is 0.0886. The van der Waals surface area contributed by atoms with Crippen molar-refractivity contribution in [2.75, 3.05) is 18.9 Å². The van der Waals surface area contributed by atoms with E-state index >= 15 is 0 Å². The van der Waals surface area contributed by atoms with E-state index in [1.165, 1.54) is 18.3 Å². The first-order valence-corrected chi connectivity index (χ1v) is 9.11. The van der Waals surface area contributed by atoms with Crippen molar-refractivity contribution in [3.05, 3.63) is 53.9 Å². The lowest BCUT2D eigenvalue weighted by molar-refractivity contribution is -0.143. The van der Waals surface area contributed by atoms with Crippen molar-refractivity contribution in [3.8, 4) is 0 Å². The van der Waals surface area contributed by atoms with Crippen molar-refractivity contribution in [1.82, 2.24) is 9.29 Å². The lowest BCUT2D eigenvalue weighted by Gasteiger charge is -2.18. The molecular weight excluding hydrogens is 428 g/mol. The van der Waals surface area contributed by atoms with Gasteiger partial charge in [0.1, 0.15) is 4.90 Å². The van der Waals surface area contributed by atoms with Crippen LogP contribution in [0.5, 0.6) is 0 Å². The van der Waals surface area contributed by atoms with Crippen molar-refractivity contribution < 1.29 is 39.6 Å². The zero-order valence-electron chi connectivity index (χ0n) is 14.5. The fourth-order valence-corrected chi connectivity index (χ4v) is 3.29. The Kier molecular flexibility index (Phi) is 6.23. The van der Waals surface area contributed by atoms with Crippen LogP contribution in [0, 0.1) is 0 Å². The molecule has 0 aliphatic rings. The maximum absolute atomic E-state index is 12.9. The van der Waals surface area contributed by atoms with Gasteiger partial charge in [-0.1, -0.05) is 0 Å². The Labute approximate surface area is 161 Å². The number of carbonyl (C=O) groups excluding carboxylic acids is 1. The van der Waals surface area contributed by atoms with Crippen molar-refractivity contribution in [3.63, 3.8) is 0 Å². The van der Waals surface area contributed by atoms with Crippen LogP contribution >= 0.6 is 0 Å². The molecule has 0 radical (unpaired) electrons. The summed E-state index contributed by atoms with van der Waals surface area (Å²) in [4.78, 5) is 15.4. The van der Waals surface area contributed by atoms with E-state index in [0.29, 0.717) is 16.4 Å². The molecule has 1 heterocycles. The molecule has 0 aliphatic heterocycles. The first kappa shape index (κ1) is 22.6. The number of rotatable bonds is 5. The van der Waals surface area contributed by atoms with Gasteiger partial charge in [0.2, 0.25) is 15.9 Å². The molecule has 1 aromatic carbocycles. The molecule has 158 valence electrons. The summed E-state index contributed by atoms with van der Waals surface area (Å²) in [6.07, 6.45) is -7.83. The Balaban J connectivity index is 2.24. The molecule has 0 aliphatic carbocycles. The smallest absolute Gasteiger partial charge is 0.325 e. The van der Waals surface area contributed by atoms with E-state index in [1.54, 1.807) is 0 Å². The predicted octanol–water partition coefficient (Wildman–Crippen LogP) is 3.38. The van der Waals surface area contributed by atoms with Crippen molar-refractivity contribution in [2.24, 2.45) is 0 Å². The maximum Gasteiger partial charge on any atom is 0.416 e. The lowest BCUT2D eigenvalue weighted by atomic mass is 10.1. The second-order valence-electron chi connectivity index (χ2n) is 5.79. The fourth-order valence-electron chi connectivity index (χ4n) is 2.19. The third-order valence-electron chi connectivity index (χ3n) is 3.58. The first-order valence-electron chi connectivity index (χ1n) is 7.67. The monoisotopic (exact) mass is 441 g/mol. The molecule has 2 aromatic rings. The van der Waals surface area contributed by atoms with Gasteiger partial charge in [-0.15, -0.1) is 0 Å². The third kappa shape index (κ3) is 5.67. The minimum atomic E-state index is -5.08. The quantitative estimate of drug-likeness (QED) is 0.722. The number of nitrogens with zero attached hydrogens (tertiary/aromatic N) is 2. The van der Waals surface area contributed by atoms with E-state index in [4.69, 9.17) is 0 Å². The van der Waals surface area contributed by atoms with Gasteiger partial charge >= 0.3 is 12.4 Å². The van der Waals surface area contributed by atoms with Crippen LogP contribution in [0.2, 0.25) is 0 Å². The van der Waals surface area contributed by atoms with E-state index in [2.05, 4.69) is 4.98 Å². The Morgan fingerprint density at radius 3 is 2.07 bits per heavy atom. The Morgan fingerprint density at radius 1 is 1.07 bits per heavy atom. The fraction of sp³-hybridized carbons (Fsp3) is 0.250. The number of amides is 1.